The van der Waals surface area contributed by atoms with Crippen molar-refractivity contribution in [2.24, 2.45) is 0 Å². The number of hydrazine groups is 1. The first kappa shape index (κ1) is 15.9. The predicted octanol–water partition coefficient (Wildman–Crippen LogP) is 0.682. The highest BCUT2D eigenvalue weighted by molar-refractivity contribution is 7.89. The first-order chi connectivity index (χ1) is 12.0. The van der Waals surface area contributed by atoms with Gasteiger partial charge >= 0.3 is 0 Å². The molecular formula is C15H16N4O5S. The zero-order chi connectivity index (χ0) is 17.4. The van der Waals surface area contributed by atoms with Crippen molar-refractivity contribution >= 4 is 15.9 Å². The second kappa shape index (κ2) is 6.05. The molecule has 25 heavy (non-hydrogen) atoms. The molecule has 9 nitrogen and oxygen atoms in total. The SMILES string of the molecule is O=C(NNS(=O)(=O)c1ccc2c(c1)OCCO2)c1cc(C2CC2)[nH]n1. The number of hydrogen-bond donors (Lipinski definition) is 3. The van der Waals surface area contributed by atoms with Crippen LogP contribution in [0.2, 0.25) is 0 Å². The second-order valence-electron chi connectivity index (χ2n) is 5.85. The van der Waals surface area contributed by atoms with Crippen molar-refractivity contribution in [1.82, 2.24) is 20.5 Å². The van der Waals surface area contributed by atoms with Crippen LogP contribution < -0.4 is 19.7 Å². The molecule has 2 heterocycles. The van der Waals surface area contributed by atoms with Gasteiger partial charge < -0.3 is 9.47 Å². The summed E-state index contributed by atoms with van der Waals surface area (Å²) in [6.45, 7) is 0.767. The van der Waals surface area contributed by atoms with E-state index in [2.05, 4.69) is 20.5 Å². The Morgan fingerprint density at radius 2 is 1.92 bits per heavy atom. The molecule has 1 aromatic heterocycles. The lowest BCUT2D eigenvalue weighted by molar-refractivity contribution is 0.0940. The number of nitrogens with one attached hydrogen (secondary N) is 3. The predicted molar refractivity (Wildman–Crippen MR) is 85.8 cm³/mol. The lowest BCUT2D eigenvalue weighted by atomic mass is 10.2. The van der Waals surface area contributed by atoms with Crippen LogP contribution in [0.25, 0.3) is 0 Å². The van der Waals surface area contributed by atoms with Gasteiger partial charge in [-0.3, -0.25) is 15.3 Å². The number of aromatic amines is 1. The second-order valence-corrected chi connectivity index (χ2v) is 7.53. The number of benzene rings is 1. The van der Waals surface area contributed by atoms with Crippen molar-refractivity contribution in [2.75, 3.05) is 13.2 Å². The molecule has 0 unspecified atom stereocenters. The molecule has 0 atom stereocenters. The molecule has 132 valence electrons. The first-order valence-electron chi connectivity index (χ1n) is 7.80. The molecule has 10 heteroatoms. The molecular weight excluding hydrogens is 348 g/mol. The summed E-state index contributed by atoms with van der Waals surface area (Å²) >= 11 is 0. The Hall–Kier alpha value is -2.59. The van der Waals surface area contributed by atoms with Crippen molar-refractivity contribution in [2.45, 2.75) is 23.7 Å². The van der Waals surface area contributed by atoms with Gasteiger partial charge in [-0.05, 0) is 31.0 Å². The molecule has 4 rings (SSSR count). The zero-order valence-electron chi connectivity index (χ0n) is 13.1. The van der Waals surface area contributed by atoms with Crippen molar-refractivity contribution in [3.63, 3.8) is 0 Å². The average molecular weight is 364 g/mol. The quantitative estimate of drug-likeness (QED) is 0.671. The van der Waals surface area contributed by atoms with E-state index in [0.717, 1.165) is 18.5 Å². The minimum atomic E-state index is -3.95. The van der Waals surface area contributed by atoms with E-state index >= 15 is 0 Å². The third-order valence-corrected chi connectivity index (χ3v) is 5.22. The highest BCUT2D eigenvalue weighted by Gasteiger charge is 2.27. The van der Waals surface area contributed by atoms with Crippen LogP contribution >= 0.6 is 0 Å². The van der Waals surface area contributed by atoms with Gasteiger partial charge in [-0.2, -0.15) is 5.10 Å². The molecule has 1 saturated carbocycles. The Morgan fingerprint density at radius 3 is 2.68 bits per heavy atom. The van der Waals surface area contributed by atoms with Crippen molar-refractivity contribution in [3.05, 3.63) is 35.7 Å². The van der Waals surface area contributed by atoms with Crippen molar-refractivity contribution in [1.29, 1.82) is 0 Å². The van der Waals surface area contributed by atoms with E-state index in [1.165, 1.54) is 18.2 Å². The summed E-state index contributed by atoms with van der Waals surface area (Å²) in [6.07, 6.45) is 2.14. The number of fused-ring (bicyclic) bond motifs is 1. The lowest BCUT2D eigenvalue weighted by Gasteiger charge is -2.18. The van der Waals surface area contributed by atoms with Crippen LogP contribution in [0.5, 0.6) is 11.5 Å². The van der Waals surface area contributed by atoms with Crippen LogP contribution in [0.15, 0.2) is 29.2 Å². The number of nitrogens with zero attached hydrogens (tertiary/aromatic N) is 1. The van der Waals surface area contributed by atoms with Gasteiger partial charge in [0.2, 0.25) is 0 Å². The third-order valence-electron chi connectivity index (χ3n) is 3.97. The number of rotatable bonds is 5. The van der Waals surface area contributed by atoms with Crippen LogP contribution in [-0.2, 0) is 10.0 Å². The topological polar surface area (TPSA) is 122 Å². The molecule has 3 N–H and O–H groups in total. The Morgan fingerprint density at radius 1 is 1.16 bits per heavy atom. The maximum atomic E-state index is 12.3. The minimum Gasteiger partial charge on any atom is -0.486 e. The highest BCUT2D eigenvalue weighted by Crippen LogP contribution is 2.39. The fourth-order valence-corrected chi connectivity index (χ4v) is 3.34. The minimum absolute atomic E-state index is 0.0438. The van der Waals surface area contributed by atoms with Crippen LogP contribution in [0.4, 0.5) is 0 Å². The Balaban J connectivity index is 1.44. The molecule has 0 saturated heterocycles. The fourth-order valence-electron chi connectivity index (χ4n) is 2.48. The molecule has 1 aliphatic carbocycles. The molecule has 2 aliphatic rings. The number of ether oxygens (including phenoxy) is 2. The fraction of sp³-hybridized carbons (Fsp3) is 0.333. The smallest absolute Gasteiger partial charge is 0.286 e. The van der Waals surface area contributed by atoms with Gasteiger partial charge in [-0.15, -0.1) is 4.83 Å². The molecule has 1 aliphatic heterocycles. The molecule has 2 aromatic rings. The molecule has 1 amide bonds. The first-order valence-corrected chi connectivity index (χ1v) is 9.28. The summed E-state index contributed by atoms with van der Waals surface area (Å²) < 4.78 is 35.4. The van der Waals surface area contributed by atoms with Crippen molar-refractivity contribution < 1.29 is 22.7 Å². The van der Waals surface area contributed by atoms with Gasteiger partial charge in [0.05, 0.1) is 4.90 Å². The molecule has 0 bridgehead atoms. The number of amides is 1. The van der Waals surface area contributed by atoms with E-state index in [1.807, 2.05) is 0 Å². The maximum absolute atomic E-state index is 12.3. The molecule has 1 fully saturated rings. The average Bonchev–Trinajstić information content (AvgIpc) is 3.36. The van der Waals surface area contributed by atoms with Crippen LogP contribution in [0.1, 0.15) is 34.9 Å². The summed E-state index contributed by atoms with van der Waals surface area (Å²) in [6, 6.07) is 5.87. The molecule has 0 spiro atoms. The van der Waals surface area contributed by atoms with E-state index in [9.17, 15) is 13.2 Å². The summed E-state index contributed by atoms with van der Waals surface area (Å²) in [4.78, 5) is 14.1. The molecule has 1 aromatic carbocycles. The van der Waals surface area contributed by atoms with Gasteiger partial charge in [0.1, 0.15) is 13.2 Å². The normalized spacial score (nSPS) is 16.5. The zero-order valence-corrected chi connectivity index (χ0v) is 13.9. The largest absolute Gasteiger partial charge is 0.486 e. The van der Waals surface area contributed by atoms with E-state index < -0.39 is 15.9 Å². The van der Waals surface area contributed by atoms with Crippen LogP contribution in [0.3, 0.4) is 0 Å². The van der Waals surface area contributed by atoms with Gasteiger partial charge in [0.25, 0.3) is 15.9 Å². The van der Waals surface area contributed by atoms with Gasteiger partial charge in [0, 0.05) is 17.7 Å². The van der Waals surface area contributed by atoms with Crippen LogP contribution in [0, 0.1) is 0 Å². The number of hydrogen-bond acceptors (Lipinski definition) is 6. The number of aromatic nitrogens is 2. The highest BCUT2D eigenvalue weighted by atomic mass is 32.2. The van der Waals surface area contributed by atoms with Crippen molar-refractivity contribution in [3.8, 4) is 11.5 Å². The van der Waals surface area contributed by atoms with Crippen LogP contribution in [-0.4, -0.2) is 37.7 Å². The van der Waals surface area contributed by atoms with E-state index in [4.69, 9.17) is 9.47 Å². The Labute approximate surface area is 143 Å². The molecule has 0 radical (unpaired) electrons. The third kappa shape index (κ3) is 3.30. The number of carbonyl (C=O) groups is 1. The Bertz CT molecular complexity index is 920. The number of carbonyl (C=O) groups excluding carboxylic acids is 1. The van der Waals surface area contributed by atoms with E-state index in [1.54, 1.807) is 6.07 Å². The Kier molecular flexibility index (Phi) is 3.85. The summed E-state index contributed by atoms with van der Waals surface area (Å²) in [5.41, 5.74) is 3.18. The summed E-state index contributed by atoms with van der Waals surface area (Å²) in [5.74, 6) is 0.618. The lowest BCUT2D eigenvalue weighted by Crippen LogP contribution is -2.41. The van der Waals surface area contributed by atoms with Gasteiger partial charge in [0.15, 0.2) is 17.2 Å². The number of sulfonamides is 1. The van der Waals surface area contributed by atoms with E-state index in [-0.39, 0.29) is 10.6 Å². The maximum Gasteiger partial charge on any atom is 0.286 e. The summed E-state index contributed by atoms with van der Waals surface area (Å²) in [5, 5.41) is 6.69. The standard InChI is InChI=1S/C15H16N4O5S/c20-15(12-8-11(16-17-12)9-1-2-9)18-19-25(21,22)10-3-4-13-14(7-10)24-6-5-23-13/h3-4,7-9,19H,1-2,5-6H2,(H,16,17)(H,18,20). The van der Waals surface area contributed by atoms with Gasteiger partial charge in [-0.1, -0.05) is 0 Å². The van der Waals surface area contributed by atoms with Gasteiger partial charge in [-0.25, -0.2) is 8.42 Å². The van der Waals surface area contributed by atoms with E-state index in [0.29, 0.717) is 30.6 Å². The number of H-pyrrole nitrogens is 1. The summed E-state index contributed by atoms with van der Waals surface area (Å²) in [7, 11) is -3.95. The monoisotopic (exact) mass is 364 g/mol.